The summed E-state index contributed by atoms with van der Waals surface area (Å²) in [4.78, 5) is 0. The van der Waals surface area contributed by atoms with Gasteiger partial charge in [0.25, 0.3) is 0 Å². The molecule has 0 rings (SSSR count). The number of hydrogen-bond donors (Lipinski definition) is 0. The lowest BCUT2D eigenvalue weighted by Crippen LogP contribution is -1.71. The van der Waals surface area contributed by atoms with E-state index in [-0.39, 0.29) is 0 Å². The maximum Gasteiger partial charge on any atom is -0.0142 e. The van der Waals surface area contributed by atoms with E-state index in [1.165, 1.54) is 24.8 Å². The summed E-state index contributed by atoms with van der Waals surface area (Å²) in [6.45, 7) is 8.03. The Labute approximate surface area is 71.0 Å². The van der Waals surface area contributed by atoms with Gasteiger partial charge < -0.3 is 0 Å². The van der Waals surface area contributed by atoms with Gasteiger partial charge in [0.2, 0.25) is 0 Å². The summed E-state index contributed by atoms with van der Waals surface area (Å²) in [7, 11) is 0. The first-order valence-corrected chi connectivity index (χ1v) is 4.41. The minimum atomic E-state index is 1.06. The van der Waals surface area contributed by atoms with Crippen LogP contribution in [0.5, 0.6) is 0 Å². The number of unbranched alkanes of at least 4 members (excludes halogenated alkanes) is 2. The van der Waals surface area contributed by atoms with Gasteiger partial charge in [-0.25, -0.2) is 0 Å². The van der Waals surface area contributed by atoms with Gasteiger partial charge in [-0.3, -0.25) is 0 Å². The van der Waals surface area contributed by atoms with E-state index in [4.69, 9.17) is 0 Å². The molecule has 0 heteroatoms. The summed E-state index contributed by atoms with van der Waals surface area (Å²) in [6.07, 6.45) is 11.3. The maximum absolute atomic E-state index is 3.70. The Bertz CT molecular complexity index is 129. The SMILES string of the molecule is [CH2]C=C(C)CC=CCCCC. The van der Waals surface area contributed by atoms with Crippen LogP contribution in [0.15, 0.2) is 23.8 Å². The van der Waals surface area contributed by atoms with Crippen molar-refractivity contribution in [3.05, 3.63) is 30.7 Å². The zero-order valence-corrected chi connectivity index (χ0v) is 7.77. The van der Waals surface area contributed by atoms with Crippen molar-refractivity contribution >= 4 is 0 Å². The van der Waals surface area contributed by atoms with Crippen LogP contribution in [-0.2, 0) is 0 Å². The predicted molar refractivity (Wildman–Crippen MR) is 52.4 cm³/mol. The molecule has 0 N–H and O–H groups in total. The summed E-state index contributed by atoms with van der Waals surface area (Å²) in [6, 6.07) is 0. The van der Waals surface area contributed by atoms with Gasteiger partial charge in [-0.2, -0.15) is 0 Å². The van der Waals surface area contributed by atoms with Crippen LogP contribution in [0.25, 0.3) is 0 Å². The van der Waals surface area contributed by atoms with E-state index < -0.39 is 0 Å². The molecule has 0 aromatic heterocycles. The zero-order valence-electron chi connectivity index (χ0n) is 7.77. The molecule has 0 aliphatic rings. The third-order valence-corrected chi connectivity index (χ3v) is 1.68. The van der Waals surface area contributed by atoms with E-state index >= 15 is 0 Å². The Morgan fingerprint density at radius 1 is 1.36 bits per heavy atom. The minimum absolute atomic E-state index is 1.06. The lowest BCUT2D eigenvalue weighted by atomic mass is 10.2. The van der Waals surface area contributed by atoms with Crippen LogP contribution in [0.1, 0.15) is 39.5 Å². The fourth-order valence-electron chi connectivity index (χ4n) is 0.792. The van der Waals surface area contributed by atoms with Gasteiger partial charge in [0, 0.05) is 0 Å². The Morgan fingerprint density at radius 2 is 2.09 bits per heavy atom. The molecular weight excluding hydrogens is 132 g/mol. The fourth-order valence-corrected chi connectivity index (χ4v) is 0.792. The molecular formula is C11H19. The van der Waals surface area contributed by atoms with Gasteiger partial charge in [-0.1, -0.05) is 43.6 Å². The van der Waals surface area contributed by atoms with Crippen LogP contribution in [0.3, 0.4) is 0 Å². The van der Waals surface area contributed by atoms with Crippen LogP contribution in [0.2, 0.25) is 0 Å². The average molecular weight is 151 g/mol. The van der Waals surface area contributed by atoms with E-state index in [2.05, 4.69) is 32.9 Å². The zero-order chi connectivity index (χ0) is 8.53. The number of rotatable bonds is 5. The topological polar surface area (TPSA) is 0 Å². The highest BCUT2D eigenvalue weighted by Crippen LogP contribution is 2.02. The molecule has 0 aliphatic carbocycles. The second kappa shape index (κ2) is 7.59. The van der Waals surface area contributed by atoms with Gasteiger partial charge in [0.15, 0.2) is 0 Å². The lowest BCUT2D eigenvalue weighted by molar-refractivity contribution is 0.813. The minimum Gasteiger partial charge on any atom is -0.0882 e. The first-order valence-electron chi connectivity index (χ1n) is 4.41. The maximum atomic E-state index is 3.70. The van der Waals surface area contributed by atoms with Crippen molar-refractivity contribution in [1.29, 1.82) is 0 Å². The van der Waals surface area contributed by atoms with E-state index in [1.54, 1.807) is 0 Å². The van der Waals surface area contributed by atoms with Gasteiger partial charge in [-0.05, 0) is 26.7 Å². The number of hydrogen-bond acceptors (Lipinski definition) is 0. The molecule has 0 spiro atoms. The summed E-state index contributed by atoms with van der Waals surface area (Å²) in [5, 5.41) is 0. The third kappa shape index (κ3) is 7.38. The summed E-state index contributed by atoms with van der Waals surface area (Å²) in [5.41, 5.74) is 1.35. The van der Waals surface area contributed by atoms with Gasteiger partial charge >= 0.3 is 0 Å². The molecule has 0 aromatic carbocycles. The molecule has 0 saturated heterocycles. The summed E-state index contributed by atoms with van der Waals surface area (Å²) in [5.74, 6) is 0. The van der Waals surface area contributed by atoms with Gasteiger partial charge in [0.1, 0.15) is 0 Å². The summed E-state index contributed by atoms with van der Waals surface area (Å²) < 4.78 is 0. The van der Waals surface area contributed by atoms with Crippen LogP contribution in [0, 0.1) is 6.92 Å². The molecule has 0 heterocycles. The standard InChI is InChI=1S/C11H19/c1-4-6-7-8-9-10-11(3)5-2/h5,8-9H,2,4,6-7,10H2,1,3H3. The van der Waals surface area contributed by atoms with Gasteiger partial charge in [0.05, 0.1) is 0 Å². The molecule has 0 aliphatic heterocycles. The van der Waals surface area contributed by atoms with Crippen molar-refractivity contribution in [1.82, 2.24) is 0 Å². The fraction of sp³-hybridized carbons (Fsp3) is 0.545. The van der Waals surface area contributed by atoms with Crippen molar-refractivity contribution in [3.8, 4) is 0 Å². The Hall–Kier alpha value is -0.520. The Morgan fingerprint density at radius 3 is 2.64 bits per heavy atom. The smallest absolute Gasteiger partial charge is 0.0142 e. The molecule has 0 atom stereocenters. The monoisotopic (exact) mass is 151 g/mol. The van der Waals surface area contributed by atoms with Crippen molar-refractivity contribution in [3.63, 3.8) is 0 Å². The van der Waals surface area contributed by atoms with Crippen LogP contribution in [0.4, 0.5) is 0 Å². The van der Waals surface area contributed by atoms with Crippen molar-refractivity contribution in [2.75, 3.05) is 0 Å². The lowest BCUT2D eigenvalue weighted by Gasteiger charge is -1.92. The van der Waals surface area contributed by atoms with Crippen molar-refractivity contribution < 1.29 is 0 Å². The third-order valence-electron chi connectivity index (χ3n) is 1.68. The first kappa shape index (κ1) is 10.5. The molecule has 0 aromatic rings. The highest BCUT2D eigenvalue weighted by molar-refractivity contribution is 5.05. The normalized spacial score (nSPS) is 12.8. The van der Waals surface area contributed by atoms with E-state index in [9.17, 15) is 0 Å². The largest absolute Gasteiger partial charge is 0.0882 e. The van der Waals surface area contributed by atoms with Crippen molar-refractivity contribution in [2.45, 2.75) is 39.5 Å². The molecule has 0 saturated carbocycles. The second-order valence-electron chi connectivity index (χ2n) is 2.87. The second-order valence-corrected chi connectivity index (χ2v) is 2.87. The Kier molecular flexibility index (Phi) is 7.23. The molecule has 11 heavy (non-hydrogen) atoms. The Balaban J connectivity index is 3.30. The molecule has 0 amide bonds. The van der Waals surface area contributed by atoms with Crippen molar-refractivity contribution in [2.24, 2.45) is 0 Å². The highest BCUT2D eigenvalue weighted by atomic mass is 13.9. The quantitative estimate of drug-likeness (QED) is 0.413. The number of allylic oxidation sites excluding steroid dienone is 4. The van der Waals surface area contributed by atoms with Crippen LogP contribution >= 0.6 is 0 Å². The molecule has 0 fully saturated rings. The molecule has 0 nitrogen and oxygen atoms in total. The highest BCUT2D eigenvalue weighted by Gasteiger charge is 1.81. The molecule has 1 radical (unpaired) electrons. The molecule has 0 bridgehead atoms. The van der Waals surface area contributed by atoms with Crippen LogP contribution in [-0.4, -0.2) is 0 Å². The first-order chi connectivity index (χ1) is 5.31. The van der Waals surface area contributed by atoms with Gasteiger partial charge in [-0.15, -0.1) is 0 Å². The average Bonchev–Trinajstić information content (AvgIpc) is 2.04. The summed E-state index contributed by atoms with van der Waals surface area (Å²) >= 11 is 0. The van der Waals surface area contributed by atoms with E-state index in [0.29, 0.717) is 0 Å². The predicted octanol–water partition coefficient (Wildman–Crippen LogP) is 3.90. The van der Waals surface area contributed by atoms with E-state index in [0.717, 1.165) is 6.42 Å². The van der Waals surface area contributed by atoms with E-state index in [1.807, 2.05) is 6.08 Å². The van der Waals surface area contributed by atoms with Crippen LogP contribution < -0.4 is 0 Å². The molecule has 0 unspecified atom stereocenters. The molecule has 63 valence electrons.